The quantitative estimate of drug-likeness (QED) is 0.643. The van der Waals surface area contributed by atoms with Gasteiger partial charge in [0, 0.05) is 23.9 Å². The van der Waals surface area contributed by atoms with Gasteiger partial charge in [0.1, 0.15) is 6.33 Å². The summed E-state index contributed by atoms with van der Waals surface area (Å²) >= 11 is 7.20. The smallest absolute Gasteiger partial charge is 0.151 e. The van der Waals surface area contributed by atoms with Crippen molar-refractivity contribution in [2.24, 2.45) is 0 Å². The predicted molar refractivity (Wildman–Crippen MR) is 114 cm³/mol. The van der Waals surface area contributed by atoms with E-state index in [-0.39, 0.29) is 4.87 Å². The number of fused-ring (bicyclic) bond motifs is 3. The van der Waals surface area contributed by atoms with Crippen LogP contribution in [0.3, 0.4) is 0 Å². The number of aryl methyl sites for hydroxylation is 1. The third-order valence-electron chi connectivity index (χ3n) is 6.46. The minimum atomic E-state index is -0.295. The summed E-state index contributed by atoms with van der Waals surface area (Å²) in [5.41, 5.74) is 6.03. The van der Waals surface area contributed by atoms with E-state index >= 15 is 0 Å². The molecular weight excluding hydrogens is 382 g/mol. The van der Waals surface area contributed by atoms with E-state index in [0.717, 1.165) is 56.7 Å². The van der Waals surface area contributed by atoms with E-state index in [1.807, 2.05) is 0 Å². The summed E-state index contributed by atoms with van der Waals surface area (Å²) in [7, 11) is 0. The number of hydrogen-bond acceptors (Lipinski definition) is 4. The monoisotopic (exact) mass is 407 g/mol. The lowest BCUT2D eigenvalue weighted by atomic mass is 9.76. The minimum absolute atomic E-state index is 0.295. The average molecular weight is 408 g/mol. The first-order valence-corrected chi connectivity index (χ1v) is 10.9. The Morgan fingerprint density at radius 1 is 1.17 bits per heavy atom. The van der Waals surface area contributed by atoms with Gasteiger partial charge in [-0.3, -0.25) is 9.55 Å². The van der Waals surface area contributed by atoms with Gasteiger partial charge >= 0.3 is 0 Å². The number of rotatable bonds is 3. The van der Waals surface area contributed by atoms with E-state index in [9.17, 15) is 0 Å². The summed E-state index contributed by atoms with van der Waals surface area (Å²) in [5, 5.41) is 11.7. The zero-order chi connectivity index (χ0) is 19.8. The Kier molecular flexibility index (Phi) is 4.88. The van der Waals surface area contributed by atoms with Crippen molar-refractivity contribution in [3.8, 4) is 5.69 Å². The maximum atomic E-state index is 7.20. The van der Waals surface area contributed by atoms with E-state index in [1.165, 1.54) is 22.5 Å². The highest BCUT2D eigenvalue weighted by atomic mass is 35.5. The standard InChI is InChI=1S/C23H26ClN5/c1-2-19-4-3-5-20(27-19)16-8-10-23(24,11-9-16)18-6-7-21-17(12-18)13-25-14-22-28-26-15-29(21)22/h3-7,12,15-16,25H,2,8-11,13-14H2,1H3. The third-order valence-corrected chi connectivity index (χ3v) is 7.06. The van der Waals surface area contributed by atoms with E-state index in [2.05, 4.69) is 63.4 Å². The van der Waals surface area contributed by atoms with Crippen LogP contribution in [-0.2, 0) is 24.4 Å². The van der Waals surface area contributed by atoms with Crippen molar-refractivity contribution in [1.29, 1.82) is 0 Å². The molecule has 3 heterocycles. The van der Waals surface area contributed by atoms with Crippen molar-refractivity contribution in [1.82, 2.24) is 25.1 Å². The number of aromatic nitrogens is 4. The van der Waals surface area contributed by atoms with Gasteiger partial charge in [0.2, 0.25) is 0 Å². The molecule has 1 N–H and O–H groups in total. The molecule has 2 aromatic heterocycles. The second-order valence-electron chi connectivity index (χ2n) is 8.21. The number of nitrogens with zero attached hydrogens (tertiary/aromatic N) is 4. The van der Waals surface area contributed by atoms with Gasteiger partial charge in [0.15, 0.2) is 5.82 Å². The maximum Gasteiger partial charge on any atom is 0.151 e. The molecule has 0 unspecified atom stereocenters. The molecule has 0 bridgehead atoms. The molecule has 1 aromatic carbocycles. The Morgan fingerprint density at radius 3 is 2.86 bits per heavy atom. The molecule has 29 heavy (non-hydrogen) atoms. The highest BCUT2D eigenvalue weighted by Crippen LogP contribution is 2.48. The molecule has 0 saturated heterocycles. The van der Waals surface area contributed by atoms with Gasteiger partial charge in [-0.25, -0.2) is 0 Å². The molecule has 0 radical (unpaired) electrons. The summed E-state index contributed by atoms with van der Waals surface area (Å²) in [6.45, 7) is 3.70. The zero-order valence-electron chi connectivity index (χ0n) is 16.7. The third kappa shape index (κ3) is 3.47. The van der Waals surface area contributed by atoms with Crippen LogP contribution in [0, 0.1) is 0 Å². The summed E-state index contributed by atoms with van der Waals surface area (Å²) in [5.74, 6) is 1.45. The van der Waals surface area contributed by atoms with Gasteiger partial charge in [-0.2, -0.15) is 0 Å². The molecular formula is C23H26ClN5. The first kappa shape index (κ1) is 18.8. The van der Waals surface area contributed by atoms with Crippen LogP contribution >= 0.6 is 11.6 Å². The van der Waals surface area contributed by atoms with Crippen molar-refractivity contribution >= 4 is 11.6 Å². The van der Waals surface area contributed by atoms with Gasteiger partial charge < -0.3 is 5.32 Å². The van der Waals surface area contributed by atoms with Gasteiger partial charge in [0.05, 0.1) is 17.1 Å². The van der Waals surface area contributed by atoms with Crippen molar-refractivity contribution in [2.45, 2.75) is 62.9 Å². The number of alkyl halides is 1. The Bertz CT molecular complexity index is 1020. The van der Waals surface area contributed by atoms with E-state index in [4.69, 9.17) is 16.6 Å². The van der Waals surface area contributed by atoms with Crippen molar-refractivity contribution in [3.05, 3.63) is 71.1 Å². The molecule has 5 rings (SSSR count). The molecule has 0 spiro atoms. The lowest BCUT2D eigenvalue weighted by Gasteiger charge is -2.36. The van der Waals surface area contributed by atoms with Crippen LogP contribution in [0.1, 0.15) is 66.9 Å². The molecule has 1 aliphatic carbocycles. The van der Waals surface area contributed by atoms with Crippen LogP contribution < -0.4 is 5.32 Å². The molecule has 3 aromatic rings. The van der Waals surface area contributed by atoms with E-state index in [1.54, 1.807) is 6.33 Å². The molecule has 2 aliphatic rings. The number of hydrogen-bond donors (Lipinski definition) is 1. The Morgan fingerprint density at radius 2 is 2.03 bits per heavy atom. The van der Waals surface area contributed by atoms with E-state index < -0.39 is 0 Å². The minimum Gasteiger partial charge on any atom is -0.306 e. The number of nitrogens with one attached hydrogen (secondary N) is 1. The number of benzene rings is 1. The number of pyridine rings is 1. The zero-order valence-corrected chi connectivity index (χ0v) is 17.5. The first-order valence-electron chi connectivity index (χ1n) is 10.5. The largest absolute Gasteiger partial charge is 0.306 e. The topological polar surface area (TPSA) is 55.6 Å². The summed E-state index contributed by atoms with van der Waals surface area (Å²) in [6.07, 6.45) is 6.88. The van der Waals surface area contributed by atoms with Crippen molar-refractivity contribution in [2.75, 3.05) is 0 Å². The fourth-order valence-electron chi connectivity index (χ4n) is 4.71. The lowest BCUT2D eigenvalue weighted by Crippen LogP contribution is -2.26. The summed E-state index contributed by atoms with van der Waals surface area (Å²) in [6, 6.07) is 13.1. The second-order valence-corrected chi connectivity index (χ2v) is 8.93. The maximum absolute atomic E-state index is 7.20. The summed E-state index contributed by atoms with van der Waals surface area (Å²) in [4.78, 5) is 4.56. The van der Waals surface area contributed by atoms with Crippen LogP contribution in [0.25, 0.3) is 5.69 Å². The SMILES string of the molecule is CCc1cccc(C2CCC(Cl)(c3ccc4c(c3)CNCc3nncn3-4)CC2)n1. The van der Waals surface area contributed by atoms with Crippen LogP contribution in [-0.4, -0.2) is 19.7 Å². The molecule has 1 aliphatic heterocycles. The molecule has 150 valence electrons. The van der Waals surface area contributed by atoms with Gasteiger partial charge in [-0.05, 0) is 61.4 Å². The Balaban J connectivity index is 1.37. The van der Waals surface area contributed by atoms with Crippen molar-refractivity contribution in [3.63, 3.8) is 0 Å². The second kappa shape index (κ2) is 7.54. The number of halogens is 1. The molecule has 0 amide bonds. The van der Waals surface area contributed by atoms with Gasteiger partial charge in [-0.1, -0.05) is 25.1 Å². The van der Waals surface area contributed by atoms with Crippen LogP contribution in [0.4, 0.5) is 0 Å². The highest BCUT2D eigenvalue weighted by Gasteiger charge is 2.36. The Labute approximate surface area is 176 Å². The normalized spacial score (nSPS) is 23.9. The van der Waals surface area contributed by atoms with Crippen molar-refractivity contribution < 1.29 is 0 Å². The highest BCUT2D eigenvalue weighted by molar-refractivity contribution is 6.24. The molecule has 5 nitrogen and oxygen atoms in total. The van der Waals surface area contributed by atoms with Crippen LogP contribution in [0.2, 0.25) is 0 Å². The van der Waals surface area contributed by atoms with Gasteiger partial charge in [-0.15, -0.1) is 21.8 Å². The fourth-order valence-corrected chi connectivity index (χ4v) is 5.05. The van der Waals surface area contributed by atoms with Crippen LogP contribution in [0.5, 0.6) is 0 Å². The van der Waals surface area contributed by atoms with E-state index in [0.29, 0.717) is 5.92 Å². The average Bonchev–Trinajstić information content (AvgIpc) is 3.15. The molecule has 1 fully saturated rings. The molecule has 1 saturated carbocycles. The predicted octanol–water partition coefficient (Wildman–Crippen LogP) is 4.62. The van der Waals surface area contributed by atoms with Gasteiger partial charge in [0.25, 0.3) is 0 Å². The first-order chi connectivity index (χ1) is 14.2. The molecule has 6 heteroatoms. The Hall–Kier alpha value is -2.24. The lowest BCUT2D eigenvalue weighted by molar-refractivity contribution is 0.355. The molecule has 0 atom stereocenters. The van der Waals surface area contributed by atoms with Crippen LogP contribution in [0.15, 0.2) is 42.7 Å². The fraction of sp³-hybridized carbons (Fsp3) is 0.435. The summed E-state index contributed by atoms with van der Waals surface area (Å²) < 4.78 is 2.07.